The maximum absolute atomic E-state index is 12.1. The molecule has 1 saturated heterocycles. The van der Waals surface area contributed by atoms with Gasteiger partial charge in [-0.05, 0) is 49.8 Å². The molecule has 2 aliphatic rings. The number of sulfonamides is 1. The van der Waals surface area contributed by atoms with Crippen LogP contribution < -0.4 is 10.5 Å². The third-order valence-electron chi connectivity index (χ3n) is 4.24. The second kappa shape index (κ2) is 6.88. The fourth-order valence-electron chi connectivity index (χ4n) is 2.66. The maximum atomic E-state index is 12.1. The Bertz CT molecular complexity index is 660. The molecule has 3 rings (SSSR count). The molecule has 1 aromatic rings. The first-order valence-corrected chi connectivity index (χ1v) is 9.69. The summed E-state index contributed by atoms with van der Waals surface area (Å²) in [7, 11) is -3.38. The number of piperidine rings is 1. The van der Waals surface area contributed by atoms with E-state index >= 15 is 0 Å². The predicted molar refractivity (Wildman–Crippen MR) is 90.5 cm³/mol. The highest BCUT2D eigenvalue weighted by Crippen LogP contribution is 2.22. The summed E-state index contributed by atoms with van der Waals surface area (Å²) >= 11 is 0. The van der Waals surface area contributed by atoms with Gasteiger partial charge in [0.2, 0.25) is 10.0 Å². The van der Waals surface area contributed by atoms with Crippen molar-refractivity contribution in [1.82, 2.24) is 9.62 Å². The quantitative estimate of drug-likeness (QED) is 0.629. The fourth-order valence-corrected chi connectivity index (χ4v) is 3.96. The molecule has 0 radical (unpaired) electrons. The van der Waals surface area contributed by atoms with Gasteiger partial charge in [-0.2, -0.15) is 0 Å². The number of aliphatic imine (C=N–C) groups is 1. The zero-order valence-corrected chi connectivity index (χ0v) is 14.1. The second-order valence-electron chi connectivity index (χ2n) is 6.26. The number of hydrogen-bond donors (Lipinski definition) is 2. The van der Waals surface area contributed by atoms with Gasteiger partial charge < -0.3 is 10.6 Å². The first-order valence-electron chi connectivity index (χ1n) is 8.21. The average molecular weight is 336 g/mol. The molecule has 0 amide bonds. The summed E-state index contributed by atoms with van der Waals surface area (Å²) in [5, 5.41) is 0. The van der Waals surface area contributed by atoms with E-state index in [2.05, 4.69) is 14.6 Å². The van der Waals surface area contributed by atoms with Crippen LogP contribution in [0.3, 0.4) is 0 Å². The molecule has 7 heteroatoms. The van der Waals surface area contributed by atoms with Crippen molar-refractivity contribution in [2.45, 2.75) is 49.6 Å². The van der Waals surface area contributed by atoms with Crippen molar-refractivity contribution in [1.29, 1.82) is 0 Å². The predicted octanol–water partition coefficient (Wildman–Crippen LogP) is 1.43. The van der Waals surface area contributed by atoms with Crippen LogP contribution in [0.2, 0.25) is 0 Å². The van der Waals surface area contributed by atoms with E-state index in [1.54, 1.807) is 24.3 Å². The van der Waals surface area contributed by atoms with Crippen molar-refractivity contribution in [2.24, 2.45) is 10.7 Å². The third-order valence-corrected chi connectivity index (χ3v) is 5.77. The minimum Gasteiger partial charge on any atom is -0.370 e. The highest BCUT2D eigenvalue weighted by molar-refractivity contribution is 7.89. The standard InChI is InChI=1S/C16H24N4O2S/c17-16(20-10-2-1-3-11-20)18-12-13-4-8-15(9-5-13)23(21,22)19-14-6-7-14/h4-5,8-9,14,19H,1-3,6-7,10-12H2,(H2,17,18). The molecule has 0 atom stereocenters. The number of nitrogens with one attached hydrogen (secondary N) is 1. The van der Waals surface area contributed by atoms with Gasteiger partial charge in [-0.25, -0.2) is 18.1 Å². The van der Waals surface area contributed by atoms with Crippen LogP contribution in [0.1, 0.15) is 37.7 Å². The maximum Gasteiger partial charge on any atom is 0.240 e. The Labute approximate surface area is 137 Å². The summed E-state index contributed by atoms with van der Waals surface area (Å²) in [6, 6.07) is 6.98. The van der Waals surface area contributed by atoms with Crippen molar-refractivity contribution in [2.75, 3.05) is 13.1 Å². The molecule has 1 aromatic carbocycles. The lowest BCUT2D eigenvalue weighted by Crippen LogP contribution is -2.40. The van der Waals surface area contributed by atoms with Crippen LogP contribution in [0.15, 0.2) is 34.2 Å². The summed E-state index contributed by atoms with van der Waals surface area (Å²) in [5.74, 6) is 0.580. The van der Waals surface area contributed by atoms with E-state index in [1.165, 1.54) is 6.42 Å². The molecular weight excluding hydrogens is 312 g/mol. The zero-order chi connectivity index (χ0) is 16.3. The van der Waals surface area contributed by atoms with Gasteiger partial charge in [0.05, 0.1) is 11.4 Å². The van der Waals surface area contributed by atoms with E-state index in [4.69, 9.17) is 5.73 Å². The topological polar surface area (TPSA) is 87.8 Å². The molecular formula is C16H24N4O2S. The summed E-state index contributed by atoms with van der Waals surface area (Å²) < 4.78 is 26.9. The van der Waals surface area contributed by atoms with Crippen molar-refractivity contribution >= 4 is 16.0 Å². The largest absolute Gasteiger partial charge is 0.370 e. The number of nitrogens with two attached hydrogens (primary N) is 1. The highest BCUT2D eigenvalue weighted by Gasteiger charge is 2.27. The number of benzene rings is 1. The van der Waals surface area contributed by atoms with Crippen LogP contribution in [0.25, 0.3) is 0 Å². The summed E-state index contributed by atoms with van der Waals surface area (Å²) in [4.78, 5) is 6.84. The molecule has 126 valence electrons. The first kappa shape index (κ1) is 16.3. The number of hydrogen-bond acceptors (Lipinski definition) is 3. The van der Waals surface area contributed by atoms with Gasteiger partial charge in [0.15, 0.2) is 5.96 Å². The van der Waals surface area contributed by atoms with Crippen molar-refractivity contribution < 1.29 is 8.42 Å². The fraction of sp³-hybridized carbons (Fsp3) is 0.562. The Kier molecular flexibility index (Phi) is 4.87. The Morgan fingerprint density at radius 1 is 1.17 bits per heavy atom. The minimum absolute atomic E-state index is 0.119. The Hall–Kier alpha value is -1.60. The van der Waals surface area contributed by atoms with Gasteiger partial charge in [0.1, 0.15) is 0 Å². The molecule has 0 spiro atoms. The molecule has 1 saturated carbocycles. The van der Waals surface area contributed by atoms with Crippen molar-refractivity contribution in [3.63, 3.8) is 0 Å². The number of likely N-dealkylation sites (tertiary alicyclic amines) is 1. The van der Waals surface area contributed by atoms with E-state index in [0.29, 0.717) is 17.4 Å². The second-order valence-corrected chi connectivity index (χ2v) is 7.98. The van der Waals surface area contributed by atoms with Gasteiger partial charge in [0.25, 0.3) is 0 Å². The lowest BCUT2D eigenvalue weighted by molar-refractivity contribution is 0.338. The first-order chi connectivity index (χ1) is 11.0. The summed E-state index contributed by atoms with van der Waals surface area (Å²) in [6.07, 6.45) is 5.45. The molecule has 1 aliphatic carbocycles. The van der Waals surface area contributed by atoms with Gasteiger partial charge in [-0.15, -0.1) is 0 Å². The normalized spacial score (nSPS) is 19.8. The minimum atomic E-state index is -3.38. The van der Waals surface area contributed by atoms with E-state index in [0.717, 1.165) is 44.3 Å². The molecule has 2 fully saturated rings. The van der Waals surface area contributed by atoms with Crippen LogP contribution >= 0.6 is 0 Å². The average Bonchev–Trinajstić information content (AvgIpc) is 3.37. The van der Waals surface area contributed by atoms with Crippen LogP contribution in [0.4, 0.5) is 0 Å². The molecule has 1 heterocycles. The van der Waals surface area contributed by atoms with E-state index in [9.17, 15) is 8.42 Å². The smallest absolute Gasteiger partial charge is 0.240 e. The number of rotatable bonds is 5. The molecule has 0 aromatic heterocycles. The van der Waals surface area contributed by atoms with Gasteiger partial charge in [0, 0.05) is 19.1 Å². The molecule has 23 heavy (non-hydrogen) atoms. The lowest BCUT2D eigenvalue weighted by atomic mass is 10.1. The van der Waals surface area contributed by atoms with Gasteiger partial charge in [-0.3, -0.25) is 0 Å². The Balaban J connectivity index is 1.60. The van der Waals surface area contributed by atoms with Gasteiger partial charge >= 0.3 is 0 Å². The van der Waals surface area contributed by atoms with Crippen molar-refractivity contribution in [3.8, 4) is 0 Å². The monoisotopic (exact) mass is 336 g/mol. The summed E-state index contributed by atoms with van der Waals surface area (Å²) in [5.41, 5.74) is 6.98. The van der Waals surface area contributed by atoms with E-state index in [1.807, 2.05) is 0 Å². The lowest BCUT2D eigenvalue weighted by Gasteiger charge is -2.27. The van der Waals surface area contributed by atoms with Crippen LogP contribution in [-0.4, -0.2) is 38.4 Å². The van der Waals surface area contributed by atoms with E-state index < -0.39 is 10.0 Å². The Morgan fingerprint density at radius 2 is 1.83 bits per heavy atom. The SMILES string of the molecule is NC(=NCc1ccc(S(=O)(=O)NC2CC2)cc1)N1CCCCC1. The van der Waals surface area contributed by atoms with Crippen LogP contribution in [0, 0.1) is 0 Å². The number of nitrogens with zero attached hydrogens (tertiary/aromatic N) is 2. The number of guanidine groups is 1. The summed E-state index contributed by atoms with van der Waals surface area (Å²) in [6.45, 7) is 2.41. The third kappa shape index (κ3) is 4.45. The molecule has 0 bridgehead atoms. The van der Waals surface area contributed by atoms with Crippen molar-refractivity contribution in [3.05, 3.63) is 29.8 Å². The van der Waals surface area contributed by atoms with Crippen LogP contribution in [-0.2, 0) is 16.6 Å². The van der Waals surface area contributed by atoms with Crippen LogP contribution in [0.5, 0.6) is 0 Å². The molecule has 6 nitrogen and oxygen atoms in total. The van der Waals surface area contributed by atoms with E-state index in [-0.39, 0.29) is 6.04 Å². The zero-order valence-electron chi connectivity index (χ0n) is 13.2. The molecule has 1 aliphatic heterocycles. The Morgan fingerprint density at radius 3 is 2.43 bits per heavy atom. The highest BCUT2D eigenvalue weighted by atomic mass is 32.2. The molecule has 0 unspecified atom stereocenters. The molecule has 3 N–H and O–H groups in total. The van der Waals surface area contributed by atoms with Gasteiger partial charge in [-0.1, -0.05) is 12.1 Å².